The van der Waals surface area contributed by atoms with Crippen molar-refractivity contribution in [2.24, 2.45) is 16.9 Å². The molecule has 0 saturated heterocycles. The highest BCUT2D eigenvalue weighted by molar-refractivity contribution is 6.04. The fourth-order valence-electron chi connectivity index (χ4n) is 1.48. The Kier molecular flexibility index (Phi) is 4.44. The maximum absolute atomic E-state index is 12.1. The second kappa shape index (κ2) is 5.64. The minimum Gasteiger partial charge on any atom is -0.366 e. The predicted molar refractivity (Wildman–Crippen MR) is 71.0 cm³/mol. The molecule has 0 radical (unpaired) electrons. The van der Waals surface area contributed by atoms with Gasteiger partial charge in [-0.1, -0.05) is 19.1 Å². The molecule has 0 aliphatic rings. The van der Waals surface area contributed by atoms with E-state index in [1.54, 1.807) is 31.2 Å². The summed E-state index contributed by atoms with van der Waals surface area (Å²) in [4.78, 5) is 23.4. The molecule has 18 heavy (non-hydrogen) atoms. The highest BCUT2D eigenvalue weighted by Gasteiger charge is 2.30. The molecule has 0 aliphatic carbocycles. The highest BCUT2D eigenvalue weighted by Crippen LogP contribution is 2.23. The van der Waals surface area contributed by atoms with Crippen LogP contribution in [-0.2, 0) is 4.79 Å². The fourth-order valence-corrected chi connectivity index (χ4v) is 1.48. The molecular weight excluding hydrogens is 230 g/mol. The van der Waals surface area contributed by atoms with E-state index in [4.69, 9.17) is 11.5 Å². The molecule has 0 saturated carbocycles. The van der Waals surface area contributed by atoms with E-state index in [-0.39, 0.29) is 12.5 Å². The summed E-state index contributed by atoms with van der Waals surface area (Å²) in [5, 5.41) is 2.71. The van der Waals surface area contributed by atoms with Crippen molar-refractivity contribution in [2.75, 3.05) is 11.9 Å². The lowest BCUT2D eigenvalue weighted by Crippen LogP contribution is -2.39. The molecule has 1 rings (SSSR count). The number of nitrogens with one attached hydrogen (secondary N) is 1. The van der Waals surface area contributed by atoms with Crippen LogP contribution in [0.3, 0.4) is 0 Å². The number of hydrogen-bond donors (Lipinski definition) is 3. The van der Waals surface area contributed by atoms with E-state index in [1.165, 1.54) is 0 Å². The van der Waals surface area contributed by atoms with Crippen molar-refractivity contribution in [3.8, 4) is 0 Å². The SMILES string of the molecule is CCC(C)(CN)C(=O)Nc1ccccc1C(N)=O. The van der Waals surface area contributed by atoms with Crippen LogP contribution in [0.15, 0.2) is 24.3 Å². The smallest absolute Gasteiger partial charge is 0.250 e. The van der Waals surface area contributed by atoms with Gasteiger partial charge in [0, 0.05) is 6.54 Å². The zero-order chi connectivity index (χ0) is 13.8. The summed E-state index contributed by atoms with van der Waals surface area (Å²) < 4.78 is 0. The third-order valence-electron chi connectivity index (χ3n) is 3.22. The van der Waals surface area contributed by atoms with Gasteiger partial charge in [-0.15, -0.1) is 0 Å². The van der Waals surface area contributed by atoms with E-state index >= 15 is 0 Å². The zero-order valence-electron chi connectivity index (χ0n) is 10.7. The van der Waals surface area contributed by atoms with Crippen molar-refractivity contribution in [3.05, 3.63) is 29.8 Å². The fraction of sp³-hybridized carbons (Fsp3) is 0.385. The van der Waals surface area contributed by atoms with Crippen LogP contribution in [0.25, 0.3) is 0 Å². The van der Waals surface area contributed by atoms with Gasteiger partial charge in [0.15, 0.2) is 0 Å². The molecule has 5 heteroatoms. The van der Waals surface area contributed by atoms with E-state index in [9.17, 15) is 9.59 Å². The molecule has 5 nitrogen and oxygen atoms in total. The molecule has 0 aromatic heterocycles. The number of para-hydroxylation sites is 1. The van der Waals surface area contributed by atoms with Gasteiger partial charge in [-0.25, -0.2) is 0 Å². The van der Waals surface area contributed by atoms with E-state index in [0.717, 1.165) is 0 Å². The van der Waals surface area contributed by atoms with Crippen LogP contribution in [0.2, 0.25) is 0 Å². The van der Waals surface area contributed by atoms with Gasteiger partial charge in [-0.2, -0.15) is 0 Å². The predicted octanol–water partition coefficient (Wildman–Crippen LogP) is 1.10. The minimum absolute atomic E-state index is 0.207. The molecule has 5 N–H and O–H groups in total. The number of anilines is 1. The molecule has 0 spiro atoms. The minimum atomic E-state index is -0.648. The van der Waals surface area contributed by atoms with Gasteiger partial charge in [-0.3, -0.25) is 9.59 Å². The van der Waals surface area contributed by atoms with Crippen LogP contribution < -0.4 is 16.8 Å². The van der Waals surface area contributed by atoms with E-state index in [2.05, 4.69) is 5.32 Å². The Morgan fingerprint density at radius 1 is 1.33 bits per heavy atom. The van der Waals surface area contributed by atoms with Gasteiger partial charge in [-0.05, 0) is 25.5 Å². The number of hydrogen-bond acceptors (Lipinski definition) is 3. The quantitative estimate of drug-likeness (QED) is 0.728. The van der Waals surface area contributed by atoms with E-state index < -0.39 is 11.3 Å². The second-order valence-corrected chi connectivity index (χ2v) is 4.48. The average molecular weight is 249 g/mol. The van der Waals surface area contributed by atoms with Crippen LogP contribution >= 0.6 is 0 Å². The number of benzene rings is 1. The molecule has 0 bridgehead atoms. The largest absolute Gasteiger partial charge is 0.366 e. The molecular formula is C13H19N3O2. The van der Waals surface area contributed by atoms with Gasteiger partial charge in [0.25, 0.3) is 5.91 Å². The molecule has 1 unspecified atom stereocenters. The average Bonchev–Trinajstić information content (AvgIpc) is 2.38. The Hall–Kier alpha value is -1.88. The summed E-state index contributed by atoms with van der Waals surface area (Å²) in [5.74, 6) is -0.780. The summed E-state index contributed by atoms with van der Waals surface area (Å²) in [6.07, 6.45) is 0.619. The zero-order valence-corrected chi connectivity index (χ0v) is 10.7. The molecule has 1 aromatic rings. The van der Waals surface area contributed by atoms with Gasteiger partial charge in [0.2, 0.25) is 5.91 Å². The lowest BCUT2D eigenvalue weighted by Gasteiger charge is -2.25. The molecule has 1 atom stereocenters. The third-order valence-corrected chi connectivity index (χ3v) is 3.22. The molecule has 1 aromatic carbocycles. The van der Waals surface area contributed by atoms with Crippen molar-refractivity contribution in [3.63, 3.8) is 0 Å². The van der Waals surface area contributed by atoms with Crippen LogP contribution in [-0.4, -0.2) is 18.4 Å². The standard InChI is InChI=1S/C13H19N3O2/c1-3-13(2,8-14)12(18)16-10-7-5-4-6-9(10)11(15)17/h4-7H,3,8,14H2,1-2H3,(H2,15,17)(H,16,18). The lowest BCUT2D eigenvalue weighted by atomic mass is 9.86. The van der Waals surface area contributed by atoms with Crippen LogP contribution in [0.4, 0.5) is 5.69 Å². The topological polar surface area (TPSA) is 98.2 Å². The summed E-state index contributed by atoms with van der Waals surface area (Å²) in [5.41, 5.74) is 10.9. The molecule has 2 amide bonds. The van der Waals surface area contributed by atoms with Gasteiger partial charge in [0.1, 0.15) is 0 Å². The number of carbonyl (C=O) groups excluding carboxylic acids is 2. The van der Waals surface area contributed by atoms with Gasteiger partial charge >= 0.3 is 0 Å². The van der Waals surface area contributed by atoms with E-state index in [0.29, 0.717) is 17.7 Å². The van der Waals surface area contributed by atoms with Crippen molar-refractivity contribution in [2.45, 2.75) is 20.3 Å². The van der Waals surface area contributed by atoms with Crippen molar-refractivity contribution in [1.29, 1.82) is 0 Å². The van der Waals surface area contributed by atoms with Crippen LogP contribution in [0.1, 0.15) is 30.6 Å². The summed E-state index contributed by atoms with van der Waals surface area (Å²) in [6.45, 7) is 3.93. The monoisotopic (exact) mass is 249 g/mol. The van der Waals surface area contributed by atoms with E-state index in [1.807, 2.05) is 6.92 Å². The Balaban J connectivity index is 2.98. The second-order valence-electron chi connectivity index (χ2n) is 4.48. The first-order valence-corrected chi connectivity index (χ1v) is 5.85. The summed E-state index contributed by atoms with van der Waals surface area (Å²) in [6, 6.07) is 6.64. The first kappa shape index (κ1) is 14.2. The normalized spacial score (nSPS) is 13.7. The van der Waals surface area contributed by atoms with Crippen molar-refractivity contribution >= 4 is 17.5 Å². The Morgan fingerprint density at radius 2 is 1.94 bits per heavy atom. The van der Waals surface area contributed by atoms with Gasteiger partial charge < -0.3 is 16.8 Å². The van der Waals surface area contributed by atoms with Crippen LogP contribution in [0, 0.1) is 5.41 Å². The number of amides is 2. The molecule has 0 heterocycles. The Labute approximate surface area is 107 Å². The first-order valence-electron chi connectivity index (χ1n) is 5.85. The molecule has 98 valence electrons. The summed E-state index contributed by atoms with van der Waals surface area (Å²) in [7, 11) is 0. The van der Waals surface area contributed by atoms with Crippen molar-refractivity contribution < 1.29 is 9.59 Å². The van der Waals surface area contributed by atoms with Crippen LogP contribution in [0.5, 0.6) is 0 Å². The number of primary amides is 1. The van der Waals surface area contributed by atoms with Gasteiger partial charge in [0.05, 0.1) is 16.7 Å². The highest BCUT2D eigenvalue weighted by atomic mass is 16.2. The maximum Gasteiger partial charge on any atom is 0.250 e. The third kappa shape index (κ3) is 2.87. The lowest BCUT2D eigenvalue weighted by molar-refractivity contribution is -0.124. The maximum atomic E-state index is 12.1. The summed E-state index contributed by atoms with van der Waals surface area (Å²) >= 11 is 0. The Morgan fingerprint density at radius 3 is 2.44 bits per heavy atom. The number of rotatable bonds is 5. The number of nitrogens with two attached hydrogens (primary N) is 2. The number of carbonyl (C=O) groups is 2. The first-order chi connectivity index (χ1) is 8.44. The molecule has 0 fully saturated rings. The molecule has 0 aliphatic heterocycles. The van der Waals surface area contributed by atoms with Crippen molar-refractivity contribution in [1.82, 2.24) is 0 Å². The Bertz CT molecular complexity index is 453.